The van der Waals surface area contributed by atoms with Crippen LogP contribution in [0, 0.1) is 6.92 Å². The lowest BCUT2D eigenvalue weighted by Gasteiger charge is -2.24. The topological polar surface area (TPSA) is 32.3 Å². The molecule has 1 heterocycles. The van der Waals surface area contributed by atoms with Crippen LogP contribution in [-0.2, 0) is 4.79 Å². The van der Waals surface area contributed by atoms with E-state index in [1.807, 2.05) is 31.2 Å². The lowest BCUT2D eigenvalue weighted by Crippen LogP contribution is -2.34. The first-order valence-electron chi connectivity index (χ1n) is 5.90. The van der Waals surface area contributed by atoms with Crippen molar-refractivity contribution in [1.82, 2.24) is 10.2 Å². The average Bonchev–Trinajstić information content (AvgIpc) is 2.57. The maximum absolute atomic E-state index is 12.5. The number of halogens is 2. The molecule has 1 aromatic rings. The van der Waals surface area contributed by atoms with Gasteiger partial charge in [0.25, 0.3) is 6.43 Å². The molecule has 0 radical (unpaired) electrons. The Bertz CT molecular complexity index is 450. The largest absolute Gasteiger partial charge is 0.316 e. The molecule has 0 bridgehead atoms. The number of aryl methyl sites for hydroxylation is 1. The predicted molar refractivity (Wildman–Crippen MR) is 64.2 cm³/mol. The van der Waals surface area contributed by atoms with Gasteiger partial charge in [-0.15, -0.1) is 0 Å². The van der Waals surface area contributed by atoms with Gasteiger partial charge in [0.2, 0.25) is 5.91 Å². The monoisotopic (exact) mass is 254 g/mol. The Morgan fingerprint density at radius 2 is 2.17 bits per heavy atom. The maximum Gasteiger partial charge on any atom is 0.255 e. The zero-order chi connectivity index (χ0) is 13.3. The van der Waals surface area contributed by atoms with Crippen LogP contribution in [0.3, 0.4) is 0 Å². The fourth-order valence-corrected chi connectivity index (χ4v) is 2.23. The number of rotatable bonds is 3. The molecule has 0 saturated carbocycles. The van der Waals surface area contributed by atoms with Crippen molar-refractivity contribution >= 4 is 5.91 Å². The molecule has 1 N–H and O–H groups in total. The summed E-state index contributed by atoms with van der Waals surface area (Å²) in [5, 5.41) is 3.05. The van der Waals surface area contributed by atoms with Crippen molar-refractivity contribution in [2.45, 2.75) is 32.5 Å². The highest BCUT2D eigenvalue weighted by molar-refractivity contribution is 5.84. The molecule has 98 valence electrons. The van der Waals surface area contributed by atoms with E-state index in [2.05, 4.69) is 5.32 Å². The first-order chi connectivity index (χ1) is 8.49. The third-order valence-corrected chi connectivity index (χ3v) is 3.07. The zero-order valence-corrected chi connectivity index (χ0v) is 10.4. The van der Waals surface area contributed by atoms with Gasteiger partial charge in [0.15, 0.2) is 0 Å². The number of hydrogen-bond acceptors (Lipinski definition) is 2. The van der Waals surface area contributed by atoms with Gasteiger partial charge < -0.3 is 4.90 Å². The number of benzene rings is 1. The molecule has 5 heteroatoms. The Hall–Kier alpha value is -1.49. The summed E-state index contributed by atoms with van der Waals surface area (Å²) in [5.74, 6) is -0.276. The molecule has 1 fully saturated rings. The van der Waals surface area contributed by atoms with E-state index >= 15 is 0 Å². The van der Waals surface area contributed by atoms with Crippen LogP contribution in [0.4, 0.5) is 8.78 Å². The molecule has 1 saturated heterocycles. The fourth-order valence-electron chi connectivity index (χ4n) is 2.23. The number of carbonyl (C=O) groups is 1. The summed E-state index contributed by atoms with van der Waals surface area (Å²) in [5.41, 5.74) is 1.88. The van der Waals surface area contributed by atoms with Crippen LogP contribution in [0.2, 0.25) is 0 Å². The number of carbonyl (C=O) groups excluding carboxylic acids is 1. The van der Waals surface area contributed by atoms with Crippen LogP contribution in [0.15, 0.2) is 24.3 Å². The van der Waals surface area contributed by atoms with Gasteiger partial charge in [0, 0.05) is 0 Å². The van der Waals surface area contributed by atoms with E-state index in [1.165, 1.54) is 4.90 Å². The third-order valence-electron chi connectivity index (χ3n) is 3.07. The van der Waals surface area contributed by atoms with E-state index < -0.39 is 25.2 Å². The summed E-state index contributed by atoms with van der Waals surface area (Å²) in [7, 11) is 0. The minimum Gasteiger partial charge on any atom is -0.316 e. The molecule has 2 atom stereocenters. The zero-order valence-electron chi connectivity index (χ0n) is 10.4. The normalized spacial score (nSPS) is 24.1. The first kappa shape index (κ1) is 13.0. The van der Waals surface area contributed by atoms with Crippen LogP contribution >= 0.6 is 0 Å². The highest BCUT2D eigenvalue weighted by Gasteiger charge is 2.38. The van der Waals surface area contributed by atoms with Gasteiger partial charge in [-0.05, 0) is 19.4 Å². The highest BCUT2D eigenvalue weighted by atomic mass is 19.3. The Morgan fingerprint density at radius 1 is 1.44 bits per heavy atom. The molecule has 0 aromatic heterocycles. The van der Waals surface area contributed by atoms with Gasteiger partial charge in [-0.1, -0.05) is 29.8 Å². The molecule has 3 nitrogen and oxygen atoms in total. The molecular formula is C13H16F2N2O. The number of alkyl halides is 2. The summed E-state index contributed by atoms with van der Waals surface area (Å²) in [6, 6.07) is 7.12. The third kappa shape index (κ3) is 2.51. The number of nitrogens with zero attached hydrogens (tertiary/aromatic N) is 1. The standard InChI is InChI=1S/C13H16F2N2O/c1-8-4-3-5-10(6-8)12-16-9(2)13(18)17(12)7-11(14)15/h3-6,9,11-12,16H,7H2,1-2H3. The minimum absolute atomic E-state index is 0.276. The molecule has 1 amide bonds. The molecule has 2 rings (SSSR count). The second kappa shape index (κ2) is 5.02. The van der Waals surface area contributed by atoms with Crippen molar-refractivity contribution in [3.05, 3.63) is 35.4 Å². The SMILES string of the molecule is Cc1cccc(C2NC(C)C(=O)N2CC(F)F)c1. The van der Waals surface area contributed by atoms with Crippen molar-refractivity contribution in [3.8, 4) is 0 Å². The summed E-state index contributed by atoms with van der Waals surface area (Å²) in [4.78, 5) is 13.1. The summed E-state index contributed by atoms with van der Waals surface area (Å²) >= 11 is 0. The fraction of sp³-hybridized carbons (Fsp3) is 0.462. The van der Waals surface area contributed by atoms with E-state index in [0.717, 1.165) is 11.1 Å². The molecule has 0 aliphatic carbocycles. The van der Waals surface area contributed by atoms with Crippen molar-refractivity contribution in [1.29, 1.82) is 0 Å². The quantitative estimate of drug-likeness (QED) is 0.895. The molecule has 18 heavy (non-hydrogen) atoms. The summed E-state index contributed by atoms with van der Waals surface area (Å²) < 4.78 is 25.1. The number of nitrogens with one attached hydrogen (secondary N) is 1. The molecule has 1 aliphatic rings. The molecule has 0 spiro atoms. The Labute approximate surface area is 105 Å². The Morgan fingerprint density at radius 3 is 2.78 bits per heavy atom. The van der Waals surface area contributed by atoms with Crippen LogP contribution in [-0.4, -0.2) is 29.8 Å². The average molecular weight is 254 g/mol. The number of hydrogen-bond donors (Lipinski definition) is 1. The van der Waals surface area contributed by atoms with Crippen molar-refractivity contribution in [2.75, 3.05) is 6.54 Å². The van der Waals surface area contributed by atoms with E-state index in [-0.39, 0.29) is 5.91 Å². The Kier molecular flexibility index (Phi) is 3.61. The van der Waals surface area contributed by atoms with Gasteiger partial charge in [-0.25, -0.2) is 8.78 Å². The van der Waals surface area contributed by atoms with Gasteiger partial charge in [0.1, 0.15) is 6.17 Å². The molecule has 1 aromatic carbocycles. The summed E-state index contributed by atoms with van der Waals surface area (Å²) in [6.45, 7) is 3.09. The molecular weight excluding hydrogens is 238 g/mol. The van der Waals surface area contributed by atoms with Gasteiger partial charge >= 0.3 is 0 Å². The smallest absolute Gasteiger partial charge is 0.255 e. The van der Waals surface area contributed by atoms with E-state index in [9.17, 15) is 13.6 Å². The van der Waals surface area contributed by atoms with Crippen LogP contribution < -0.4 is 5.32 Å². The van der Waals surface area contributed by atoms with Gasteiger partial charge in [-0.2, -0.15) is 0 Å². The minimum atomic E-state index is -2.52. The number of amides is 1. The molecule has 2 unspecified atom stereocenters. The van der Waals surface area contributed by atoms with Crippen molar-refractivity contribution in [3.63, 3.8) is 0 Å². The second-order valence-electron chi connectivity index (χ2n) is 4.59. The molecule has 1 aliphatic heterocycles. The lowest BCUT2D eigenvalue weighted by molar-refractivity contribution is -0.131. The van der Waals surface area contributed by atoms with E-state index in [1.54, 1.807) is 6.92 Å². The van der Waals surface area contributed by atoms with Crippen molar-refractivity contribution < 1.29 is 13.6 Å². The van der Waals surface area contributed by atoms with Gasteiger partial charge in [0.05, 0.1) is 12.6 Å². The highest BCUT2D eigenvalue weighted by Crippen LogP contribution is 2.26. The van der Waals surface area contributed by atoms with Crippen LogP contribution in [0.25, 0.3) is 0 Å². The van der Waals surface area contributed by atoms with Crippen LogP contribution in [0.1, 0.15) is 24.2 Å². The maximum atomic E-state index is 12.5. The van der Waals surface area contributed by atoms with E-state index in [4.69, 9.17) is 0 Å². The second-order valence-corrected chi connectivity index (χ2v) is 4.59. The lowest BCUT2D eigenvalue weighted by atomic mass is 10.1. The Balaban J connectivity index is 2.27. The van der Waals surface area contributed by atoms with Crippen LogP contribution in [0.5, 0.6) is 0 Å². The first-order valence-corrected chi connectivity index (χ1v) is 5.90. The van der Waals surface area contributed by atoms with E-state index in [0.29, 0.717) is 0 Å². The summed E-state index contributed by atoms with van der Waals surface area (Å²) in [6.07, 6.45) is -2.98. The van der Waals surface area contributed by atoms with Crippen molar-refractivity contribution in [2.24, 2.45) is 0 Å². The van der Waals surface area contributed by atoms with Gasteiger partial charge in [-0.3, -0.25) is 10.1 Å². The predicted octanol–water partition coefficient (Wildman–Crippen LogP) is 2.08.